The topological polar surface area (TPSA) is 81.2 Å². The summed E-state index contributed by atoms with van der Waals surface area (Å²) in [4.78, 5) is 11.9. The summed E-state index contributed by atoms with van der Waals surface area (Å²) in [5.74, 6) is 1.13. The van der Waals surface area contributed by atoms with Gasteiger partial charge in [0, 0.05) is 19.4 Å². The Bertz CT molecular complexity index is 839. The molecule has 1 amide bonds. The molecule has 2 aromatic heterocycles. The first-order valence-electron chi connectivity index (χ1n) is 8.00. The van der Waals surface area contributed by atoms with Gasteiger partial charge in [0.15, 0.2) is 0 Å². The summed E-state index contributed by atoms with van der Waals surface area (Å²) >= 11 is 0. The molecule has 0 bridgehead atoms. The standard InChI is InChI=1S/C18H18FN3O3/c1-12-15(9-11-24-12)18-22-21-17(25-18)7-6-16(23)20-10-8-13-2-4-14(19)5-3-13/h2-5,9,11H,6-8,10H2,1H3,(H,20,23). The summed E-state index contributed by atoms with van der Waals surface area (Å²) < 4.78 is 23.6. The van der Waals surface area contributed by atoms with E-state index < -0.39 is 0 Å². The number of hydrogen-bond acceptors (Lipinski definition) is 5. The average molecular weight is 343 g/mol. The molecule has 25 heavy (non-hydrogen) atoms. The predicted octanol–water partition coefficient (Wildman–Crippen LogP) is 3.07. The van der Waals surface area contributed by atoms with Crippen molar-refractivity contribution < 1.29 is 18.0 Å². The first-order chi connectivity index (χ1) is 12.1. The lowest BCUT2D eigenvalue weighted by Crippen LogP contribution is -2.25. The molecule has 1 aromatic carbocycles. The molecule has 3 rings (SSSR count). The van der Waals surface area contributed by atoms with E-state index in [2.05, 4.69) is 15.5 Å². The quantitative estimate of drug-likeness (QED) is 0.713. The van der Waals surface area contributed by atoms with Crippen molar-refractivity contribution >= 4 is 5.91 Å². The van der Waals surface area contributed by atoms with Crippen LogP contribution in [0, 0.1) is 12.7 Å². The molecule has 0 atom stereocenters. The third-order valence-electron chi connectivity index (χ3n) is 3.77. The summed E-state index contributed by atoms with van der Waals surface area (Å²) in [6.07, 6.45) is 2.83. The molecule has 0 radical (unpaired) electrons. The third-order valence-corrected chi connectivity index (χ3v) is 3.77. The summed E-state index contributed by atoms with van der Waals surface area (Å²) in [7, 11) is 0. The summed E-state index contributed by atoms with van der Waals surface area (Å²) in [6, 6.07) is 7.99. The number of furan rings is 1. The van der Waals surface area contributed by atoms with Crippen molar-refractivity contribution in [2.45, 2.75) is 26.2 Å². The van der Waals surface area contributed by atoms with Gasteiger partial charge in [-0.2, -0.15) is 0 Å². The van der Waals surface area contributed by atoms with Crippen LogP contribution in [0.2, 0.25) is 0 Å². The maximum atomic E-state index is 12.8. The highest BCUT2D eigenvalue weighted by Gasteiger charge is 2.13. The Balaban J connectivity index is 1.42. The number of halogens is 1. The number of rotatable bonds is 7. The largest absolute Gasteiger partial charge is 0.469 e. The number of amides is 1. The maximum Gasteiger partial charge on any atom is 0.251 e. The van der Waals surface area contributed by atoms with E-state index in [1.807, 2.05) is 6.92 Å². The first kappa shape index (κ1) is 16.9. The van der Waals surface area contributed by atoms with E-state index in [1.54, 1.807) is 24.5 Å². The van der Waals surface area contributed by atoms with E-state index in [0.29, 0.717) is 36.9 Å². The number of carbonyl (C=O) groups excluding carboxylic acids is 1. The van der Waals surface area contributed by atoms with Gasteiger partial charge in [0.25, 0.3) is 5.89 Å². The molecule has 0 aliphatic carbocycles. The van der Waals surface area contributed by atoms with Gasteiger partial charge in [-0.25, -0.2) is 4.39 Å². The van der Waals surface area contributed by atoms with E-state index in [0.717, 1.165) is 11.1 Å². The Morgan fingerprint density at radius 3 is 2.68 bits per heavy atom. The second-order valence-corrected chi connectivity index (χ2v) is 5.62. The lowest BCUT2D eigenvalue weighted by atomic mass is 10.1. The number of nitrogens with one attached hydrogen (secondary N) is 1. The molecule has 7 heteroatoms. The number of hydrogen-bond donors (Lipinski definition) is 1. The van der Waals surface area contributed by atoms with Crippen LogP contribution in [-0.2, 0) is 17.6 Å². The number of aryl methyl sites for hydroxylation is 2. The zero-order chi connectivity index (χ0) is 17.6. The maximum absolute atomic E-state index is 12.8. The third kappa shape index (κ3) is 4.53. The highest BCUT2D eigenvalue weighted by atomic mass is 19.1. The van der Waals surface area contributed by atoms with Crippen molar-refractivity contribution in [1.29, 1.82) is 0 Å². The normalized spacial score (nSPS) is 10.8. The number of benzene rings is 1. The van der Waals surface area contributed by atoms with Gasteiger partial charge in [-0.15, -0.1) is 10.2 Å². The van der Waals surface area contributed by atoms with E-state index in [9.17, 15) is 9.18 Å². The fraction of sp³-hybridized carbons (Fsp3) is 0.278. The van der Waals surface area contributed by atoms with Gasteiger partial charge in [0.1, 0.15) is 11.6 Å². The van der Waals surface area contributed by atoms with E-state index in [-0.39, 0.29) is 18.1 Å². The number of carbonyl (C=O) groups is 1. The number of aromatic nitrogens is 2. The highest BCUT2D eigenvalue weighted by molar-refractivity contribution is 5.76. The highest BCUT2D eigenvalue weighted by Crippen LogP contribution is 2.22. The van der Waals surface area contributed by atoms with Crippen LogP contribution in [-0.4, -0.2) is 22.6 Å². The first-order valence-corrected chi connectivity index (χ1v) is 8.00. The Hall–Kier alpha value is -2.96. The molecule has 0 saturated heterocycles. The Morgan fingerprint density at radius 2 is 1.96 bits per heavy atom. The predicted molar refractivity (Wildman–Crippen MR) is 88.2 cm³/mol. The molecule has 2 heterocycles. The smallest absolute Gasteiger partial charge is 0.251 e. The van der Waals surface area contributed by atoms with E-state index in [1.165, 1.54) is 12.1 Å². The molecule has 0 saturated carbocycles. The SMILES string of the molecule is Cc1occc1-c1nnc(CCC(=O)NCCc2ccc(F)cc2)o1. The Kier molecular flexibility index (Phi) is 5.23. The van der Waals surface area contributed by atoms with Crippen molar-refractivity contribution in [3.05, 3.63) is 59.6 Å². The minimum atomic E-state index is -0.266. The lowest BCUT2D eigenvalue weighted by Gasteiger charge is -2.04. The Morgan fingerprint density at radius 1 is 1.16 bits per heavy atom. The molecule has 3 aromatic rings. The molecule has 1 N–H and O–H groups in total. The van der Waals surface area contributed by atoms with Crippen molar-refractivity contribution in [3.8, 4) is 11.5 Å². The van der Waals surface area contributed by atoms with Crippen LogP contribution < -0.4 is 5.32 Å². The molecular weight excluding hydrogens is 325 g/mol. The van der Waals surface area contributed by atoms with E-state index >= 15 is 0 Å². The van der Waals surface area contributed by atoms with Crippen LogP contribution in [0.1, 0.15) is 23.6 Å². The summed E-state index contributed by atoms with van der Waals surface area (Å²) in [5, 5.41) is 10.7. The molecule has 6 nitrogen and oxygen atoms in total. The molecule has 0 spiro atoms. The summed E-state index contributed by atoms with van der Waals surface area (Å²) in [6.45, 7) is 2.31. The minimum Gasteiger partial charge on any atom is -0.469 e. The lowest BCUT2D eigenvalue weighted by molar-refractivity contribution is -0.121. The van der Waals surface area contributed by atoms with Crippen LogP contribution in [0.15, 0.2) is 45.4 Å². The van der Waals surface area contributed by atoms with Gasteiger partial charge in [-0.1, -0.05) is 12.1 Å². The van der Waals surface area contributed by atoms with Crippen LogP contribution in [0.5, 0.6) is 0 Å². The van der Waals surface area contributed by atoms with Gasteiger partial charge in [0.2, 0.25) is 11.8 Å². The molecule has 0 aliphatic rings. The van der Waals surface area contributed by atoms with E-state index in [4.69, 9.17) is 8.83 Å². The molecule has 0 unspecified atom stereocenters. The van der Waals surface area contributed by atoms with Gasteiger partial charge < -0.3 is 14.2 Å². The van der Waals surface area contributed by atoms with Crippen molar-refractivity contribution in [3.63, 3.8) is 0 Å². The van der Waals surface area contributed by atoms with Crippen LogP contribution in [0.25, 0.3) is 11.5 Å². The minimum absolute atomic E-state index is 0.0960. The second-order valence-electron chi connectivity index (χ2n) is 5.62. The fourth-order valence-corrected chi connectivity index (χ4v) is 2.38. The van der Waals surface area contributed by atoms with Crippen LogP contribution in [0.3, 0.4) is 0 Å². The molecule has 0 fully saturated rings. The summed E-state index contributed by atoms with van der Waals surface area (Å²) in [5.41, 5.74) is 1.72. The van der Waals surface area contributed by atoms with Gasteiger partial charge in [0.05, 0.1) is 11.8 Å². The van der Waals surface area contributed by atoms with Gasteiger partial charge in [-0.3, -0.25) is 4.79 Å². The molecular formula is C18H18FN3O3. The average Bonchev–Trinajstić information content (AvgIpc) is 3.23. The van der Waals surface area contributed by atoms with Crippen molar-refractivity contribution in [2.24, 2.45) is 0 Å². The van der Waals surface area contributed by atoms with Gasteiger partial charge >= 0.3 is 0 Å². The van der Waals surface area contributed by atoms with Crippen molar-refractivity contribution in [2.75, 3.05) is 6.54 Å². The molecule has 130 valence electrons. The zero-order valence-corrected chi connectivity index (χ0v) is 13.8. The monoisotopic (exact) mass is 343 g/mol. The number of nitrogens with zero attached hydrogens (tertiary/aromatic N) is 2. The second kappa shape index (κ2) is 7.74. The molecule has 0 aliphatic heterocycles. The van der Waals surface area contributed by atoms with Crippen LogP contribution >= 0.6 is 0 Å². The fourth-order valence-electron chi connectivity index (χ4n) is 2.38. The van der Waals surface area contributed by atoms with Crippen LogP contribution in [0.4, 0.5) is 4.39 Å². The van der Waals surface area contributed by atoms with Gasteiger partial charge in [-0.05, 0) is 37.1 Å². The zero-order valence-electron chi connectivity index (χ0n) is 13.8. The Labute approximate surface area is 144 Å². The van der Waals surface area contributed by atoms with Crippen molar-refractivity contribution in [1.82, 2.24) is 15.5 Å².